The molecule has 0 aromatic heterocycles. The Bertz CT molecular complexity index is 766. The molecule has 1 aliphatic rings. The number of nitrogens with zero attached hydrogens (tertiary/aromatic N) is 1. The van der Waals surface area contributed by atoms with Crippen molar-refractivity contribution in [1.82, 2.24) is 4.90 Å². The molecule has 0 amide bonds. The second-order valence-corrected chi connectivity index (χ2v) is 24.7. The van der Waals surface area contributed by atoms with Gasteiger partial charge in [0.05, 0.1) is 0 Å². The van der Waals surface area contributed by atoms with Crippen LogP contribution in [0.2, 0.25) is 13.3 Å². The Labute approximate surface area is 222 Å². The molecule has 0 aliphatic carbocycles. The van der Waals surface area contributed by atoms with Gasteiger partial charge < -0.3 is 0 Å². The van der Waals surface area contributed by atoms with Crippen molar-refractivity contribution in [3.05, 3.63) is 24.3 Å². The van der Waals surface area contributed by atoms with Gasteiger partial charge >= 0.3 is 223 Å². The van der Waals surface area contributed by atoms with Crippen molar-refractivity contribution in [2.24, 2.45) is 5.92 Å². The van der Waals surface area contributed by atoms with Gasteiger partial charge in [-0.1, -0.05) is 0 Å². The van der Waals surface area contributed by atoms with Crippen molar-refractivity contribution in [3.63, 3.8) is 0 Å². The van der Waals surface area contributed by atoms with Crippen LogP contribution >= 0.6 is 11.8 Å². The van der Waals surface area contributed by atoms with Crippen LogP contribution in [0.3, 0.4) is 0 Å². The molecule has 2 rings (SSSR count). The summed E-state index contributed by atoms with van der Waals surface area (Å²) in [6, 6.07) is 9.06. The molecule has 35 heavy (non-hydrogen) atoms. The third-order valence-corrected chi connectivity index (χ3v) is 24.7. The molecule has 7 heteroatoms. The van der Waals surface area contributed by atoms with Gasteiger partial charge in [0.2, 0.25) is 0 Å². The van der Waals surface area contributed by atoms with E-state index in [1.807, 2.05) is 11.9 Å². The first kappa shape index (κ1) is 30.5. The number of carbonyl (C=O) groups excluding carboxylic acids is 2. The van der Waals surface area contributed by atoms with Crippen LogP contribution in [-0.4, -0.2) is 74.3 Å². The minimum absolute atomic E-state index is 0.127. The van der Waals surface area contributed by atoms with Crippen LogP contribution in [0.25, 0.3) is 0 Å². The minimum atomic E-state index is -2.44. The number of benzene rings is 1. The van der Waals surface area contributed by atoms with Gasteiger partial charge in [-0.3, -0.25) is 0 Å². The van der Waals surface area contributed by atoms with Crippen LogP contribution in [0.5, 0.6) is 0 Å². The van der Waals surface area contributed by atoms with E-state index in [1.54, 1.807) is 15.3 Å². The quantitative estimate of drug-likeness (QED) is 0.183. The predicted molar refractivity (Wildman–Crippen MR) is 149 cm³/mol. The molecule has 198 valence electrons. The topological polar surface area (TPSA) is 55.8 Å². The molecule has 3 atom stereocenters. The van der Waals surface area contributed by atoms with E-state index < -0.39 is 24.4 Å². The van der Waals surface area contributed by atoms with E-state index in [1.165, 1.54) is 71.0 Å². The van der Waals surface area contributed by atoms with Crippen molar-refractivity contribution in [1.29, 1.82) is 0 Å². The molecular weight excluding hydrogens is 565 g/mol. The van der Waals surface area contributed by atoms with Crippen LogP contribution in [-0.2, 0) is 19.1 Å². The van der Waals surface area contributed by atoms with Crippen molar-refractivity contribution in [2.45, 2.75) is 95.2 Å². The third-order valence-electron chi connectivity index (χ3n) is 7.68. The molecule has 1 fully saturated rings. The Hall–Kier alpha value is -0.731. The molecule has 0 N–H and O–H groups in total. The number of unbranched alkanes of at least 4 members (excludes halogenated alkanes) is 3. The average molecular weight is 612 g/mol. The van der Waals surface area contributed by atoms with Gasteiger partial charge in [0, 0.05) is 0 Å². The molecule has 0 radical (unpaired) electrons. The zero-order valence-electron chi connectivity index (χ0n) is 22.8. The van der Waals surface area contributed by atoms with Gasteiger partial charge in [0.15, 0.2) is 0 Å². The fraction of sp³-hybridized carbons (Fsp3) is 0.714. The number of likely N-dealkylation sites (N-methyl/N-ethyl adjacent to an activating group) is 1. The van der Waals surface area contributed by atoms with Crippen molar-refractivity contribution < 1.29 is 19.1 Å². The molecule has 1 aromatic rings. The zero-order chi connectivity index (χ0) is 25.8. The number of rotatable bonds is 15. The number of ether oxygens (including phenoxy) is 2. The summed E-state index contributed by atoms with van der Waals surface area (Å²) in [6.07, 6.45) is 8.14. The van der Waals surface area contributed by atoms with Crippen LogP contribution in [0, 0.1) is 5.92 Å². The van der Waals surface area contributed by atoms with Crippen LogP contribution in [0.1, 0.15) is 65.7 Å². The number of methoxy groups -OCH3 is 2. The Morgan fingerprint density at radius 1 is 0.943 bits per heavy atom. The number of esters is 2. The van der Waals surface area contributed by atoms with Crippen molar-refractivity contribution in [2.75, 3.05) is 27.8 Å². The van der Waals surface area contributed by atoms with Crippen molar-refractivity contribution >= 4 is 45.7 Å². The fourth-order valence-electron chi connectivity index (χ4n) is 5.60. The molecule has 1 aliphatic heterocycles. The Morgan fingerprint density at radius 3 is 1.94 bits per heavy atom. The van der Waals surface area contributed by atoms with E-state index >= 15 is 0 Å². The van der Waals surface area contributed by atoms with E-state index in [0.29, 0.717) is 0 Å². The molecule has 5 nitrogen and oxygen atoms in total. The summed E-state index contributed by atoms with van der Waals surface area (Å²) in [5.74, 6) is -0.690. The van der Waals surface area contributed by atoms with E-state index in [4.69, 9.17) is 9.47 Å². The predicted octanol–water partition coefficient (Wildman–Crippen LogP) is 5.87. The third kappa shape index (κ3) is 8.39. The summed E-state index contributed by atoms with van der Waals surface area (Å²) in [5, 5.41) is 0.127. The van der Waals surface area contributed by atoms with Gasteiger partial charge in [-0.05, 0) is 0 Å². The van der Waals surface area contributed by atoms with Gasteiger partial charge in [-0.15, -0.1) is 0 Å². The van der Waals surface area contributed by atoms with Gasteiger partial charge in [-0.2, -0.15) is 0 Å². The maximum absolute atomic E-state index is 12.5. The van der Waals surface area contributed by atoms with Crippen LogP contribution in [0.4, 0.5) is 0 Å². The summed E-state index contributed by atoms with van der Waals surface area (Å²) in [5.41, 5.74) is 0. The monoisotopic (exact) mass is 613 g/mol. The summed E-state index contributed by atoms with van der Waals surface area (Å²) < 4.78 is 16.1. The number of hydrogen-bond donors (Lipinski definition) is 0. The number of likely N-dealkylation sites (tertiary alicyclic amines) is 1. The Kier molecular flexibility index (Phi) is 13.5. The summed E-state index contributed by atoms with van der Waals surface area (Å²) in [6.45, 7) is 7.70. The second kappa shape index (κ2) is 15.5. The Morgan fingerprint density at radius 2 is 1.49 bits per heavy atom. The SMILES string of the molecule is CCC[CH2][Sn]([CH2]CCC)([CH2]CCC)[c]1ccc(SC2CN(C)[C@H](C(=O)OC)[C@H]2CC(=O)OC)cc1. The van der Waals surface area contributed by atoms with E-state index in [2.05, 4.69) is 45.0 Å². The zero-order valence-corrected chi connectivity index (χ0v) is 26.5. The molecule has 1 heterocycles. The van der Waals surface area contributed by atoms with E-state index in [0.717, 1.165) is 6.54 Å². The number of carbonyl (C=O) groups is 2. The fourth-order valence-corrected chi connectivity index (χ4v) is 22.9. The molecule has 1 saturated heterocycles. The number of hydrogen-bond acceptors (Lipinski definition) is 6. The summed E-state index contributed by atoms with van der Waals surface area (Å²) in [7, 11) is 4.76. The standard InChI is InChI=1S/C16H20NO4S.3C4H9.Sn/c1-17-10-13(22-11-7-5-4-6-8-11)12(9-14(18)20-2)15(17)16(19)21-3;3*1-3-4-2;/h5-8,12-13,15H,9-10H2,1-3H3;3*1,3-4H2,2H3;/t12-,13?,15-;;;;/m0..../s1. The second-order valence-electron chi connectivity index (χ2n) is 10.1. The molecule has 1 aromatic carbocycles. The summed E-state index contributed by atoms with van der Waals surface area (Å²) >= 11 is -0.654. The first-order valence-electron chi connectivity index (χ1n) is 13.5. The molecular formula is C28H47NO4SSn. The van der Waals surface area contributed by atoms with Crippen LogP contribution in [0.15, 0.2) is 29.2 Å². The molecule has 0 spiro atoms. The maximum atomic E-state index is 12.5. The first-order chi connectivity index (χ1) is 16.8. The summed E-state index contributed by atoms with van der Waals surface area (Å²) in [4.78, 5) is 27.9. The normalized spacial score (nSPS) is 20.7. The van der Waals surface area contributed by atoms with Gasteiger partial charge in [0.1, 0.15) is 0 Å². The first-order valence-corrected chi connectivity index (χ1v) is 21.8. The van der Waals surface area contributed by atoms with Crippen LogP contribution < -0.4 is 3.58 Å². The van der Waals surface area contributed by atoms with Crippen molar-refractivity contribution in [3.8, 4) is 0 Å². The van der Waals surface area contributed by atoms with Gasteiger partial charge in [0.25, 0.3) is 0 Å². The van der Waals surface area contributed by atoms with E-state index in [9.17, 15) is 9.59 Å². The molecule has 0 saturated carbocycles. The number of thioether (sulfide) groups is 1. The van der Waals surface area contributed by atoms with E-state index in [-0.39, 0.29) is 29.5 Å². The molecule has 0 bridgehead atoms. The average Bonchev–Trinajstić information content (AvgIpc) is 3.17. The Balaban J connectivity index is 2.27. The van der Waals surface area contributed by atoms with Gasteiger partial charge in [-0.25, -0.2) is 0 Å². The molecule has 1 unspecified atom stereocenters.